The minimum Gasteiger partial charge on any atom is -0.493 e. The molecule has 0 aliphatic rings. The normalized spacial score (nSPS) is 11.3. The van der Waals surface area contributed by atoms with Crippen molar-refractivity contribution < 1.29 is 19.0 Å². The van der Waals surface area contributed by atoms with Crippen LogP contribution in [0.1, 0.15) is 24.2 Å². The number of hydrogen-bond donors (Lipinski definition) is 0. The monoisotopic (exact) mass is 327 g/mol. The first-order chi connectivity index (χ1) is 9.03. The zero-order valence-electron chi connectivity index (χ0n) is 10.9. The number of esters is 1. The van der Waals surface area contributed by atoms with E-state index in [0.29, 0.717) is 22.6 Å². The van der Waals surface area contributed by atoms with Crippen LogP contribution in [0.3, 0.4) is 0 Å². The first-order valence-electron chi connectivity index (χ1n) is 5.64. The Balaban J connectivity index is 3.08. The molecule has 0 radical (unpaired) electrons. The molecule has 0 aliphatic carbocycles. The molecule has 0 saturated heterocycles. The molecule has 0 N–H and O–H groups in total. The molecule has 0 heterocycles. The molecule has 5 nitrogen and oxygen atoms in total. The Bertz CT molecular complexity index is 510. The number of nitriles is 1. The summed E-state index contributed by atoms with van der Waals surface area (Å²) in [5.41, 5.74) is 0.286. The van der Waals surface area contributed by atoms with Crippen LogP contribution in [0.25, 0.3) is 0 Å². The number of carbonyl (C=O) groups is 1. The Morgan fingerprint density at radius 2 is 2.21 bits per heavy atom. The van der Waals surface area contributed by atoms with E-state index in [2.05, 4.69) is 15.9 Å². The van der Waals surface area contributed by atoms with Gasteiger partial charge in [-0.25, -0.2) is 4.79 Å². The third kappa shape index (κ3) is 3.86. The number of nitrogens with zero attached hydrogens (tertiary/aromatic N) is 1. The smallest absolute Gasteiger partial charge is 0.339 e. The van der Waals surface area contributed by atoms with Gasteiger partial charge in [0.1, 0.15) is 6.07 Å². The second kappa shape index (κ2) is 7.00. The Hall–Kier alpha value is -1.74. The number of ether oxygens (including phenoxy) is 3. The lowest BCUT2D eigenvalue weighted by atomic mass is 10.2. The van der Waals surface area contributed by atoms with Gasteiger partial charge in [0.05, 0.1) is 23.8 Å². The van der Waals surface area contributed by atoms with Crippen molar-refractivity contribution in [3.05, 3.63) is 22.2 Å². The maximum absolute atomic E-state index is 11.8. The number of hydrogen-bond acceptors (Lipinski definition) is 5. The fourth-order valence-corrected chi connectivity index (χ4v) is 1.93. The molecule has 0 saturated carbocycles. The van der Waals surface area contributed by atoms with Gasteiger partial charge < -0.3 is 14.2 Å². The van der Waals surface area contributed by atoms with Gasteiger partial charge in [0.15, 0.2) is 17.6 Å². The predicted molar refractivity (Wildman–Crippen MR) is 72.4 cm³/mol. The van der Waals surface area contributed by atoms with E-state index in [1.165, 1.54) is 20.1 Å². The maximum Gasteiger partial charge on any atom is 0.339 e. The third-order valence-corrected chi connectivity index (χ3v) is 2.81. The van der Waals surface area contributed by atoms with Crippen LogP contribution in [0.4, 0.5) is 0 Å². The van der Waals surface area contributed by atoms with Gasteiger partial charge in [-0.15, -0.1) is 0 Å². The minimum atomic E-state index is -0.802. The highest BCUT2D eigenvalue weighted by molar-refractivity contribution is 9.10. The molecule has 0 unspecified atom stereocenters. The second-order valence-electron chi connectivity index (χ2n) is 3.60. The molecule has 0 amide bonds. The highest BCUT2D eigenvalue weighted by Crippen LogP contribution is 2.36. The number of halogens is 1. The zero-order valence-corrected chi connectivity index (χ0v) is 12.5. The van der Waals surface area contributed by atoms with Crippen LogP contribution in [-0.4, -0.2) is 25.8 Å². The van der Waals surface area contributed by atoms with Gasteiger partial charge in [0.2, 0.25) is 0 Å². The molecule has 0 spiro atoms. The molecule has 0 aliphatic heterocycles. The van der Waals surface area contributed by atoms with Crippen LogP contribution in [-0.2, 0) is 4.74 Å². The second-order valence-corrected chi connectivity index (χ2v) is 4.45. The molecular weight excluding hydrogens is 314 g/mol. The summed E-state index contributed by atoms with van der Waals surface area (Å²) in [6, 6.07) is 4.92. The van der Waals surface area contributed by atoms with E-state index in [-0.39, 0.29) is 5.56 Å². The van der Waals surface area contributed by atoms with Crippen LogP contribution in [0.15, 0.2) is 16.6 Å². The van der Waals surface area contributed by atoms with Gasteiger partial charge >= 0.3 is 5.97 Å². The van der Waals surface area contributed by atoms with Crippen molar-refractivity contribution in [3.63, 3.8) is 0 Å². The molecule has 6 heteroatoms. The Morgan fingerprint density at radius 1 is 1.53 bits per heavy atom. The van der Waals surface area contributed by atoms with Crippen LogP contribution in [0, 0.1) is 11.3 Å². The minimum absolute atomic E-state index is 0.286. The number of benzene rings is 1. The molecule has 1 atom stereocenters. The number of rotatable bonds is 5. The summed E-state index contributed by atoms with van der Waals surface area (Å²) in [6.45, 7) is 3.83. The molecule has 0 fully saturated rings. The molecular formula is C13H14BrNO4. The van der Waals surface area contributed by atoms with Crippen LogP contribution < -0.4 is 9.47 Å². The van der Waals surface area contributed by atoms with Gasteiger partial charge in [0, 0.05) is 0 Å². The van der Waals surface area contributed by atoms with Crippen LogP contribution in [0.5, 0.6) is 11.5 Å². The summed E-state index contributed by atoms with van der Waals surface area (Å²) in [6.07, 6.45) is -0.802. The molecule has 0 aromatic heterocycles. The third-order valence-electron chi connectivity index (χ3n) is 2.22. The van der Waals surface area contributed by atoms with Crippen molar-refractivity contribution in [2.24, 2.45) is 0 Å². The molecule has 19 heavy (non-hydrogen) atoms. The van der Waals surface area contributed by atoms with E-state index in [0.717, 1.165) is 0 Å². The number of carbonyl (C=O) groups excluding carboxylic acids is 1. The van der Waals surface area contributed by atoms with E-state index in [4.69, 9.17) is 19.5 Å². The Labute approximate surface area is 120 Å². The average molecular weight is 328 g/mol. The fraction of sp³-hybridized carbons (Fsp3) is 0.385. The summed E-state index contributed by atoms with van der Waals surface area (Å²) in [7, 11) is 1.48. The topological polar surface area (TPSA) is 68.5 Å². The summed E-state index contributed by atoms with van der Waals surface area (Å²) in [4.78, 5) is 11.8. The highest BCUT2D eigenvalue weighted by Gasteiger charge is 2.17. The zero-order chi connectivity index (χ0) is 14.4. The summed E-state index contributed by atoms with van der Waals surface area (Å²) in [5.74, 6) is 0.360. The lowest BCUT2D eigenvalue weighted by Crippen LogP contribution is -2.13. The Kier molecular flexibility index (Phi) is 5.64. The van der Waals surface area contributed by atoms with Gasteiger partial charge in [-0.3, -0.25) is 0 Å². The largest absolute Gasteiger partial charge is 0.493 e. The van der Waals surface area contributed by atoms with Gasteiger partial charge in [-0.2, -0.15) is 5.26 Å². The van der Waals surface area contributed by atoms with Gasteiger partial charge in [0.25, 0.3) is 0 Å². The standard InChI is InChI=1S/C13H14BrNO4/c1-4-18-12-10(14)5-9(6-11(12)17-3)13(16)19-8(2)7-15/h5-6,8H,4H2,1-3H3/t8-/m1/s1. The SMILES string of the molecule is CCOc1c(Br)cc(C(=O)O[C@H](C)C#N)cc1OC. The summed E-state index contributed by atoms with van der Waals surface area (Å²) < 4.78 is 16.1. The first kappa shape index (κ1) is 15.3. The average Bonchev–Trinajstić information content (AvgIpc) is 2.40. The molecule has 0 bridgehead atoms. The van der Waals surface area contributed by atoms with Crippen molar-refractivity contribution >= 4 is 21.9 Å². The predicted octanol–water partition coefficient (Wildman–Crippen LogP) is 2.93. The fourth-order valence-electron chi connectivity index (χ4n) is 1.38. The molecule has 102 valence electrons. The van der Waals surface area contributed by atoms with E-state index in [1.807, 2.05) is 13.0 Å². The van der Waals surface area contributed by atoms with Crippen molar-refractivity contribution in [1.82, 2.24) is 0 Å². The van der Waals surface area contributed by atoms with Gasteiger partial charge in [-0.1, -0.05) is 0 Å². The van der Waals surface area contributed by atoms with Crippen LogP contribution in [0.2, 0.25) is 0 Å². The quantitative estimate of drug-likeness (QED) is 0.778. The maximum atomic E-state index is 11.8. The molecule has 1 rings (SSSR count). The van der Waals surface area contributed by atoms with Crippen molar-refractivity contribution in [2.75, 3.05) is 13.7 Å². The van der Waals surface area contributed by atoms with Crippen molar-refractivity contribution in [1.29, 1.82) is 5.26 Å². The summed E-state index contributed by atoms with van der Waals surface area (Å²) >= 11 is 3.31. The Morgan fingerprint density at radius 3 is 2.74 bits per heavy atom. The lowest BCUT2D eigenvalue weighted by molar-refractivity contribution is 0.0435. The molecule has 1 aromatic carbocycles. The van der Waals surface area contributed by atoms with E-state index in [1.54, 1.807) is 6.07 Å². The lowest BCUT2D eigenvalue weighted by Gasteiger charge is -2.13. The van der Waals surface area contributed by atoms with Crippen LogP contribution >= 0.6 is 15.9 Å². The number of methoxy groups -OCH3 is 1. The van der Waals surface area contributed by atoms with Crippen molar-refractivity contribution in [2.45, 2.75) is 20.0 Å². The van der Waals surface area contributed by atoms with Gasteiger partial charge in [-0.05, 0) is 41.9 Å². The van der Waals surface area contributed by atoms with Crippen molar-refractivity contribution in [3.8, 4) is 17.6 Å². The summed E-state index contributed by atoms with van der Waals surface area (Å²) in [5, 5.41) is 8.62. The molecule has 1 aromatic rings. The van der Waals surface area contributed by atoms with E-state index in [9.17, 15) is 4.79 Å². The van der Waals surface area contributed by atoms with E-state index < -0.39 is 12.1 Å². The highest BCUT2D eigenvalue weighted by atomic mass is 79.9. The first-order valence-corrected chi connectivity index (χ1v) is 6.43. The van der Waals surface area contributed by atoms with E-state index >= 15 is 0 Å².